The number of aromatic nitrogens is 1. The number of nitrogens with one attached hydrogen (secondary N) is 1. The zero-order valence-electron chi connectivity index (χ0n) is 15.8. The Morgan fingerprint density at radius 1 is 1.16 bits per heavy atom. The molecule has 2 rings (SSSR count). The first-order valence-corrected chi connectivity index (χ1v) is 8.50. The number of amides is 1. The van der Waals surface area contributed by atoms with Crippen LogP contribution in [0.15, 0.2) is 24.3 Å². The fraction of sp³-hybridized carbons (Fsp3) is 0.400. The van der Waals surface area contributed by atoms with Crippen LogP contribution >= 0.6 is 0 Å². The normalized spacial score (nSPS) is 11.9. The first-order chi connectivity index (χ1) is 11.7. The maximum atomic E-state index is 12.4. The maximum Gasteiger partial charge on any atom is 0.340 e. The van der Waals surface area contributed by atoms with Crippen LogP contribution in [0.5, 0.6) is 0 Å². The lowest BCUT2D eigenvalue weighted by molar-refractivity contribution is -0.123. The standard InChI is InChI=1S/C20H26N2O3/c1-7-22-14(4)11-17(15(22)5)20(24)25-16(6)19(23)21-18-9-8-12(2)10-13(18)3/h8-11,16H,7H2,1-6H3,(H,21,23)/t16-/m0/s1. The summed E-state index contributed by atoms with van der Waals surface area (Å²) in [7, 11) is 0. The number of hydrogen-bond donors (Lipinski definition) is 1. The minimum absolute atomic E-state index is 0.343. The number of hydrogen-bond acceptors (Lipinski definition) is 3. The third-order valence-electron chi connectivity index (χ3n) is 4.40. The number of nitrogens with zero attached hydrogens (tertiary/aromatic N) is 1. The molecule has 0 bridgehead atoms. The quantitative estimate of drug-likeness (QED) is 0.838. The molecule has 0 radical (unpaired) electrons. The highest BCUT2D eigenvalue weighted by molar-refractivity contribution is 5.98. The summed E-state index contributed by atoms with van der Waals surface area (Å²) >= 11 is 0. The van der Waals surface area contributed by atoms with Crippen LogP contribution in [0, 0.1) is 27.7 Å². The van der Waals surface area contributed by atoms with Gasteiger partial charge < -0.3 is 14.6 Å². The molecule has 0 saturated heterocycles. The van der Waals surface area contributed by atoms with Crippen molar-refractivity contribution in [3.8, 4) is 0 Å². The summed E-state index contributed by atoms with van der Waals surface area (Å²) in [4.78, 5) is 24.7. The average Bonchev–Trinajstić information content (AvgIpc) is 2.84. The fourth-order valence-electron chi connectivity index (χ4n) is 2.96. The van der Waals surface area contributed by atoms with Gasteiger partial charge in [-0.2, -0.15) is 0 Å². The van der Waals surface area contributed by atoms with E-state index in [-0.39, 0.29) is 5.91 Å². The zero-order chi connectivity index (χ0) is 18.7. The van der Waals surface area contributed by atoms with Crippen molar-refractivity contribution in [3.63, 3.8) is 0 Å². The van der Waals surface area contributed by atoms with Crippen LogP contribution in [-0.4, -0.2) is 22.5 Å². The Morgan fingerprint density at radius 3 is 2.40 bits per heavy atom. The molecule has 1 heterocycles. The van der Waals surface area contributed by atoms with E-state index in [0.717, 1.165) is 34.7 Å². The minimum atomic E-state index is -0.877. The molecule has 1 aromatic heterocycles. The van der Waals surface area contributed by atoms with E-state index in [1.807, 2.05) is 57.4 Å². The molecule has 0 aliphatic heterocycles. The highest BCUT2D eigenvalue weighted by Crippen LogP contribution is 2.19. The van der Waals surface area contributed by atoms with Crippen LogP contribution in [0.25, 0.3) is 0 Å². The highest BCUT2D eigenvalue weighted by Gasteiger charge is 2.22. The van der Waals surface area contributed by atoms with E-state index in [2.05, 4.69) is 5.32 Å². The SMILES string of the molecule is CCn1c(C)cc(C(=O)O[C@@H](C)C(=O)Nc2ccc(C)cc2C)c1C. The van der Waals surface area contributed by atoms with E-state index in [1.165, 1.54) is 0 Å². The molecule has 0 fully saturated rings. The van der Waals surface area contributed by atoms with Crippen molar-refractivity contribution in [1.29, 1.82) is 0 Å². The van der Waals surface area contributed by atoms with Gasteiger partial charge in [-0.15, -0.1) is 0 Å². The smallest absolute Gasteiger partial charge is 0.340 e. The number of rotatable bonds is 5. The van der Waals surface area contributed by atoms with Gasteiger partial charge in [-0.3, -0.25) is 4.79 Å². The van der Waals surface area contributed by atoms with Crippen molar-refractivity contribution in [2.45, 2.75) is 54.2 Å². The van der Waals surface area contributed by atoms with E-state index in [4.69, 9.17) is 4.74 Å². The summed E-state index contributed by atoms with van der Waals surface area (Å²) in [5.41, 5.74) is 5.18. The van der Waals surface area contributed by atoms with Crippen molar-refractivity contribution in [2.75, 3.05) is 5.32 Å². The van der Waals surface area contributed by atoms with Gasteiger partial charge in [0.05, 0.1) is 5.56 Å². The summed E-state index contributed by atoms with van der Waals surface area (Å²) in [5.74, 6) is -0.819. The van der Waals surface area contributed by atoms with E-state index < -0.39 is 12.1 Å². The van der Waals surface area contributed by atoms with Gasteiger partial charge in [0, 0.05) is 23.6 Å². The van der Waals surface area contributed by atoms with Crippen molar-refractivity contribution < 1.29 is 14.3 Å². The van der Waals surface area contributed by atoms with Crippen LogP contribution in [0.2, 0.25) is 0 Å². The first-order valence-electron chi connectivity index (χ1n) is 8.50. The molecule has 0 aliphatic rings. The van der Waals surface area contributed by atoms with Crippen molar-refractivity contribution in [2.24, 2.45) is 0 Å². The summed E-state index contributed by atoms with van der Waals surface area (Å²) in [6.45, 7) is 12.1. The Balaban J connectivity index is 2.07. The summed E-state index contributed by atoms with van der Waals surface area (Å²) < 4.78 is 7.40. The number of carbonyl (C=O) groups is 2. The van der Waals surface area contributed by atoms with Gasteiger partial charge in [0.25, 0.3) is 5.91 Å². The zero-order valence-corrected chi connectivity index (χ0v) is 15.8. The molecule has 0 aliphatic carbocycles. The van der Waals surface area contributed by atoms with E-state index in [1.54, 1.807) is 13.0 Å². The van der Waals surface area contributed by atoms with Crippen molar-refractivity contribution >= 4 is 17.6 Å². The Kier molecular flexibility index (Phi) is 5.67. The van der Waals surface area contributed by atoms with Crippen molar-refractivity contribution in [3.05, 3.63) is 52.3 Å². The molecule has 25 heavy (non-hydrogen) atoms. The van der Waals surface area contributed by atoms with Gasteiger partial charge >= 0.3 is 5.97 Å². The number of carbonyl (C=O) groups excluding carboxylic acids is 2. The second-order valence-electron chi connectivity index (χ2n) is 6.38. The maximum absolute atomic E-state index is 12.4. The summed E-state index contributed by atoms with van der Waals surface area (Å²) in [6, 6.07) is 7.58. The lowest BCUT2D eigenvalue weighted by Gasteiger charge is -2.15. The van der Waals surface area contributed by atoms with Gasteiger partial charge in [-0.25, -0.2) is 4.79 Å². The molecule has 0 saturated carbocycles. The molecular formula is C20H26N2O3. The molecule has 1 N–H and O–H groups in total. The van der Waals surface area contributed by atoms with Crippen LogP contribution < -0.4 is 5.32 Å². The van der Waals surface area contributed by atoms with Crippen molar-refractivity contribution in [1.82, 2.24) is 4.57 Å². The third kappa shape index (κ3) is 4.10. The second kappa shape index (κ2) is 7.55. The van der Waals surface area contributed by atoms with Crippen LogP contribution in [-0.2, 0) is 16.1 Å². The van der Waals surface area contributed by atoms with Gasteiger partial charge in [-0.05, 0) is 59.2 Å². The lowest BCUT2D eigenvalue weighted by Crippen LogP contribution is -2.30. The Morgan fingerprint density at radius 2 is 1.84 bits per heavy atom. The predicted molar refractivity (Wildman–Crippen MR) is 99.0 cm³/mol. The largest absolute Gasteiger partial charge is 0.449 e. The number of esters is 1. The molecule has 0 spiro atoms. The number of aryl methyl sites for hydroxylation is 3. The Labute approximate surface area is 149 Å². The summed E-state index contributed by atoms with van der Waals surface area (Å²) in [6.07, 6.45) is -0.877. The molecule has 1 amide bonds. The van der Waals surface area contributed by atoms with Gasteiger partial charge in [0.15, 0.2) is 6.10 Å². The van der Waals surface area contributed by atoms with Crippen LogP contribution in [0.3, 0.4) is 0 Å². The topological polar surface area (TPSA) is 60.3 Å². The Bertz CT molecular complexity index is 806. The first kappa shape index (κ1) is 18.8. The van der Waals surface area contributed by atoms with Gasteiger partial charge in [-0.1, -0.05) is 17.7 Å². The van der Waals surface area contributed by atoms with Crippen LogP contribution in [0.1, 0.15) is 46.7 Å². The number of benzene rings is 1. The molecule has 134 valence electrons. The molecule has 5 heteroatoms. The lowest BCUT2D eigenvalue weighted by atomic mass is 10.1. The second-order valence-corrected chi connectivity index (χ2v) is 6.38. The molecule has 0 unspecified atom stereocenters. The number of anilines is 1. The van der Waals surface area contributed by atoms with E-state index in [0.29, 0.717) is 5.56 Å². The molecular weight excluding hydrogens is 316 g/mol. The highest BCUT2D eigenvalue weighted by atomic mass is 16.5. The predicted octanol–water partition coefficient (Wildman–Crippen LogP) is 3.93. The third-order valence-corrected chi connectivity index (χ3v) is 4.40. The van der Waals surface area contributed by atoms with Gasteiger partial charge in [0.1, 0.15) is 0 Å². The summed E-state index contributed by atoms with van der Waals surface area (Å²) in [5, 5.41) is 2.82. The number of ether oxygens (including phenoxy) is 1. The minimum Gasteiger partial charge on any atom is -0.449 e. The fourth-order valence-corrected chi connectivity index (χ4v) is 2.96. The molecule has 2 aromatic rings. The molecule has 1 aromatic carbocycles. The van der Waals surface area contributed by atoms with E-state index >= 15 is 0 Å². The average molecular weight is 342 g/mol. The Hall–Kier alpha value is -2.56. The monoisotopic (exact) mass is 342 g/mol. The molecule has 5 nitrogen and oxygen atoms in total. The van der Waals surface area contributed by atoms with Crippen LogP contribution in [0.4, 0.5) is 5.69 Å². The van der Waals surface area contributed by atoms with E-state index in [9.17, 15) is 9.59 Å². The van der Waals surface area contributed by atoms with Gasteiger partial charge in [0.2, 0.25) is 0 Å². The molecule has 1 atom stereocenters.